The van der Waals surface area contributed by atoms with Gasteiger partial charge in [0.15, 0.2) is 0 Å². The summed E-state index contributed by atoms with van der Waals surface area (Å²) in [5.41, 5.74) is 17.6. The molecular formula is C50H36Si2. The van der Waals surface area contributed by atoms with E-state index in [-0.39, 0.29) is 0 Å². The highest BCUT2D eigenvalue weighted by Crippen LogP contribution is 2.46. The quantitative estimate of drug-likeness (QED) is 0.159. The summed E-state index contributed by atoms with van der Waals surface area (Å²) in [4.78, 5) is 0. The van der Waals surface area contributed by atoms with Gasteiger partial charge in [-0.2, -0.15) is 0 Å². The third kappa shape index (κ3) is 3.81. The summed E-state index contributed by atoms with van der Waals surface area (Å²) >= 11 is 0. The summed E-state index contributed by atoms with van der Waals surface area (Å²) in [6, 6.07) is 70.6. The minimum atomic E-state index is -2.11. The first-order valence-corrected chi connectivity index (χ1v) is 23.7. The molecule has 0 atom stereocenters. The van der Waals surface area contributed by atoms with Gasteiger partial charge in [-0.1, -0.05) is 170 Å². The van der Waals surface area contributed by atoms with Crippen molar-refractivity contribution in [3.8, 4) is 44.5 Å². The number of benzene rings is 8. The van der Waals surface area contributed by atoms with Crippen molar-refractivity contribution < 1.29 is 0 Å². The van der Waals surface area contributed by atoms with Gasteiger partial charge < -0.3 is 0 Å². The zero-order chi connectivity index (χ0) is 34.0. The van der Waals surface area contributed by atoms with Crippen LogP contribution in [0.4, 0.5) is 0 Å². The van der Waals surface area contributed by atoms with Gasteiger partial charge in [-0.3, -0.25) is 0 Å². The third-order valence-electron chi connectivity index (χ3n) is 13.3. The molecule has 0 amide bonds. The van der Waals surface area contributed by atoms with Crippen molar-refractivity contribution in [2.75, 3.05) is 0 Å². The highest BCUT2D eigenvalue weighted by atomic mass is 28.3. The lowest BCUT2D eigenvalue weighted by Crippen LogP contribution is -2.57. The fraction of sp³-hybridized carbons (Fsp3) is 0.0800. The van der Waals surface area contributed by atoms with Crippen LogP contribution in [0.25, 0.3) is 55.3 Å². The SMILES string of the molecule is c1ccc(-c2ccc3c(c2)[Si]2(Cc4ccccc4C2)c2ccc4c5c(ccc4c2-3)[Si]2(Cc3ccccc3C2)c2cc(-c3ccccc3)ccc2-5)cc1. The second-order valence-corrected chi connectivity index (χ2v) is 23.6. The van der Waals surface area contributed by atoms with E-state index in [9.17, 15) is 0 Å². The highest BCUT2D eigenvalue weighted by molar-refractivity contribution is 7.06. The average molecular weight is 693 g/mol. The van der Waals surface area contributed by atoms with Gasteiger partial charge in [0.05, 0.1) is 0 Å². The molecule has 0 unspecified atom stereocenters. The van der Waals surface area contributed by atoms with E-state index < -0.39 is 16.1 Å². The smallest absolute Gasteiger partial charge is 0.0622 e. The van der Waals surface area contributed by atoms with Crippen molar-refractivity contribution in [2.24, 2.45) is 0 Å². The van der Waals surface area contributed by atoms with E-state index >= 15 is 0 Å². The molecule has 0 radical (unpaired) electrons. The largest absolute Gasteiger partial charge is 0.128 e. The summed E-state index contributed by atoms with van der Waals surface area (Å²) in [5, 5.41) is 9.47. The fourth-order valence-corrected chi connectivity index (χ4v) is 21.9. The lowest BCUT2D eigenvalue weighted by Gasteiger charge is -2.26. The third-order valence-corrected chi connectivity index (χ3v) is 23.0. The second kappa shape index (κ2) is 10.5. The van der Waals surface area contributed by atoms with E-state index in [4.69, 9.17) is 0 Å². The molecule has 4 heterocycles. The molecule has 0 saturated carbocycles. The molecule has 0 bridgehead atoms. The van der Waals surface area contributed by atoms with Gasteiger partial charge in [0.1, 0.15) is 16.1 Å². The van der Waals surface area contributed by atoms with Crippen molar-refractivity contribution in [2.45, 2.75) is 24.2 Å². The standard InChI is InChI=1S/C50H36Si2/c1-3-11-33(12-4-1)35-19-21-43-47(27-35)51(29-37-15-7-8-16-38(37)30-51)45-25-23-42-41(49(43)45)24-26-46-50(42)44-22-20-36(34-13-5-2-6-14-34)28-48(44)52(46)31-39-17-9-10-18-40(39)32-52/h1-28H,29-32H2. The van der Waals surface area contributed by atoms with Crippen LogP contribution in [0.2, 0.25) is 0 Å². The molecule has 4 aliphatic heterocycles. The van der Waals surface area contributed by atoms with Gasteiger partial charge in [0, 0.05) is 0 Å². The monoisotopic (exact) mass is 692 g/mol. The molecule has 52 heavy (non-hydrogen) atoms. The van der Waals surface area contributed by atoms with Crippen LogP contribution in [0.15, 0.2) is 170 Å². The van der Waals surface area contributed by atoms with Crippen LogP contribution >= 0.6 is 0 Å². The first-order chi connectivity index (χ1) is 25.7. The van der Waals surface area contributed by atoms with E-state index in [2.05, 4.69) is 170 Å². The number of fused-ring (bicyclic) bond motifs is 15. The molecule has 8 aromatic carbocycles. The maximum absolute atomic E-state index is 2.60. The summed E-state index contributed by atoms with van der Waals surface area (Å²) in [6.07, 6.45) is 0. The van der Waals surface area contributed by atoms with Gasteiger partial charge in [-0.25, -0.2) is 0 Å². The molecule has 0 aromatic heterocycles. The minimum absolute atomic E-state index is 1.19. The number of hydrogen-bond donors (Lipinski definition) is 0. The van der Waals surface area contributed by atoms with Crippen LogP contribution in [-0.4, -0.2) is 16.1 Å². The first kappa shape index (κ1) is 29.1. The molecule has 12 rings (SSSR count). The molecule has 2 heteroatoms. The molecule has 0 fully saturated rings. The second-order valence-electron chi connectivity index (χ2n) is 15.7. The van der Waals surface area contributed by atoms with Crippen LogP contribution in [0.1, 0.15) is 22.3 Å². The predicted octanol–water partition coefficient (Wildman–Crippen LogP) is 9.02. The van der Waals surface area contributed by atoms with E-state index in [1.165, 1.54) is 79.5 Å². The zero-order valence-electron chi connectivity index (χ0n) is 29.0. The molecule has 244 valence electrons. The number of rotatable bonds is 2. The predicted molar refractivity (Wildman–Crippen MR) is 223 cm³/mol. The highest BCUT2D eigenvalue weighted by Gasteiger charge is 2.52. The Morgan fingerprint density at radius 2 is 0.654 bits per heavy atom. The van der Waals surface area contributed by atoms with Gasteiger partial charge in [0.2, 0.25) is 0 Å². The van der Waals surface area contributed by atoms with Crippen LogP contribution in [0.3, 0.4) is 0 Å². The van der Waals surface area contributed by atoms with Crippen molar-refractivity contribution in [3.05, 3.63) is 192 Å². The lowest BCUT2D eigenvalue weighted by molar-refractivity contribution is 1.35. The van der Waals surface area contributed by atoms with Gasteiger partial charge in [0.25, 0.3) is 0 Å². The van der Waals surface area contributed by atoms with E-state index in [1.54, 1.807) is 43.0 Å². The Morgan fingerprint density at radius 3 is 1.04 bits per heavy atom. The zero-order valence-corrected chi connectivity index (χ0v) is 31.0. The van der Waals surface area contributed by atoms with Crippen molar-refractivity contribution >= 4 is 47.7 Å². The molecule has 0 saturated heterocycles. The molecular weight excluding hydrogens is 657 g/mol. The maximum atomic E-state index is 2.60. The normalized spacial score (nSPS) is 16.1. The Balaban J connectivity index is 1.11. The Bertz CT molecular complexity index is 2550. The maximum Gasteiger partial charge on any atom is 0.128 e. The topological polar surface area (TPSA) is 0 Å². The Kier molecular flexibility index (Phi) is 5.88. The van der Waals surface area contributed by atoms with Crippen molar-refractivity contribution in [3.63, 3.8) is 0 Å². The Labute approximate surface area is 307 Å². The van der Waals surface area contributed by atoms with Crippen LogP contribution in [0.5, 0.6) is 0 Å². The van der Waals surface area contributed by atoms with E-state index in [1.807, 2.05) is 0 Å². The lowest BCUT2D eigenvalue weighted by atomic mass is 9.91. The molecule has 0 nitrogen and oxygen atoms in total. The molecule has 0 N–H and O–H groups in total. The summed E-state index contributed by atoms with van der Waals surface area (Å²) in [7, 11) is -4.21. The molecule has 2 spiro atoms. The van der Waals surface area contributed by atoms with Crippen LogP contribution < -0.4 is 20.7 Å². The van der Waals surface area contributed by atoms with Gasteiger partial charge in [-0.15, -0.1) is 0 Å². The van der Waals surface area contributed by atoms with Crippen LogP contribution in [0, 0.1) is 0 Å². The van der Waals surface area contributed by atoms with Crippen molar-refractivity contribution in [1.29, 1.82) is 0 Å². The Hall–Kier alpha value is -5.55. The van der Waals surface area contributed by atoms with E-state index in [0.717, 1.165) is 0 Å². The van der Waals surface area contributed by atoms with Gasteiger partial charge >= 0.3 is 0 Å². The van der Waals surface area contributed by atoms with Crippen LogP contribution in [-0.2, 0) is 24.2 Å². The molecule has 0 aliphatic carbocycles. The summed E-state index contributed by atoms with van der Waals surface area (Å²) in [6.45, 7) is 0. The Morgan fingerprint density at radius 1 is 0.288 bits per heavy atom. The minimum Gasteiger partial charge on any atom is -0.0622 e. The molecule has 4 aliphatic rings. The first-order valence-electron chi connectivity index (χ1n) is 18.9. The average Bonchev–Trinajstić information content (AvgIpc) is 3.94. The summed E-state index contributed by atoms with van der Waals surface area (Å²) < 4.78 is 0. The number of hydrogen-bond acceptors (Lipinski definition) is 0. The van der Waals surface area contributed by atoms with E-state index in [0.29, 0.717) is 0 Å². The molecule has 8 aromatic rings. The summed E-state index contributed by atoms with van der Waals surface area (Å²) in [5.74, 6) is 0. The fourth-order valence-electron chi connectivity index (χ4n) is 11.0. The van der Waals surface area contributed by atoms with Gasteiger partial charge in [-0.05, 0) is 122 Å². The van der Waals surface area contributed by atoms with Crippen molar-refractivity contribution in [1.82, 2.24) is 0 Å².